The number of nitrogens with zero attached hydrogens (tertiary/aromatic N) is 4. The van der Waals surface area contributed by atoms with E-state index in [2.05, 4.69) is 44.5 Å². The molecule has 0 radical (unpaired) electrons. The first kappa shape index (κ1) is 24.0. The van der Waals surface area contributed by atoms with Crippen molar-refractivity contribution in [3.05, 3.63) is 41.9 Å². The third kappa shape index (κ3) is 4.46. The molecule has 188 valence electrons. The van der Waals surface area contributed by atoms with Gasteiger partial charge in [0.05, 0.1) is 22.0 Å². The van der Waals surface area contributed by atoms with Crippen molar-refractivity contribution in [3.8, 4) is 11.3 Å². The van der Waals surface area contributed by atoms with Gasteiger partial charge in [0.25, 0.3) is 0 Å². The van der Waals surface area contributed by atoms with Crippen LogP contribution in [0.2, 0.25) is 0 Å². The number of nitrogens with one attached hydrogen (secondary N) is 3. The number of benzene rings is 1. The Morgan fingerprint density at radius 3 is 2.50 bits per heavy atom. The second-order valence-corrected chi connectivity index (χ2v) is 12.2. The van der Waals surface area contributed by atoms with Crippen molar-refractivity contribution in [1.82, 2.24) is 24.7 Å². The summed E-state index contributed by atoms with van der Waals surface area (Å²) >= 11 is 0. The number of hydrogen-bond acceptors (Lipinski definition) is 7. The number of pyridine rings is 1. The summed E-state index contributed by atoms with van der Waals surface area (Å²) in [6, 6.07) is 6.85. The lowest BCUT2D eigenvalue weighted by molar-refractivity contribution is -0.118. The lowest BCUT2D eigenvalue weighted by Gasteiger charge is -2.14. The Kier molecular flexibility index (Phi) is 5.43. The first-order chi connectivity index (χ1) is 16.8. The Hall–Kier alpha value is -3.73. The fourth-order valence-corrected chi connectivity index (χ4v) is 5.37. The molecular weight excluding hydrogens is 478 g/mol. The van der Waals surface area contributed by atoms with Crippen molar-refractivity contribution >= 4 is 44.1 Å². The minimum Gasteiger partial charge on any atom is -0.352 e. The molecule has 0 saturated heterocycles. The van der Waals surface area contributed by atoms with Gasteiger partial charge >= 0.3 is 0 Å². The minimum atomic E-state index is -3.59. The summed E-state index contributed by atoms with van der Waals surface area (Å²) in [5.74, 6) is 0.870. The van der Waals surface area contributed by atoms with E-state index in [1.54, 1.807) is 22.9 Å². The normalized spacial score (nSPS) is 16.8. The first-order valence-electron chi connectivity index (χ1n) is 11.6. The fourth-order valence-electron chi connectivity index (χ4n) is 4.51. The molecule has 1 aliphatic rings. The topological polar surface area (TPSA) is 135 Å². The number of fused-ring (bicyclic) bond motifs is 1. The molecule has 10 nitrogen and oxygen atoms in total. The Morgan fingerprint density at radius 1 is 1.17 bits per heavy atom. The van der Waals surface area contributed by atoms with Crippen molar-refractivity contribution < 1.29 is 13.2 Å². The van der Waals surface area contributed by atoms with Crippen LogP contribution in [0.5, 0.6) is 0 Å². The number of sulfone groups is 1. The van der Waals surface area contributed by atoms with Crippen LogP contribution in [0.1, 0.15) is 31.7 Å². The highest BCUT2D eigenvalue weighted by Gasteiger charge is 2.50. The summed E-state index contributed by atoms with van der Waals surface area (Å²) in [6.07, 6.45) is 3.88. The molecular formula is C25H29N7O3S. The van der Waals surface area contributed by atoms with E-state index in [4.69, 9.17) is 0 Å². The summed E-state index contributed by atoms with van der Waals surface area (Å²) in [7, 11) is -1.77. The minimum absolute atomic E-state index is 0.0159. The van der Waals surface area contributed by atoms with Crippen LogP contribution in [0.15, 0.2) is 35.4 Å². The molecule has 1 amide bonds. The van der Waals surface area contributed by atoms with Gasteiger partial charge in [-0.3, -0.25) is 9.48 Å². The number of rotatable bonds is 6. The van der Waals surface area contributed by atoms with E-state index < -0.39 is 9.84 Å². The molecule has 0 aliphatic heterocycles. The molecule has 1 fully saturated rings. The maximum atomic E-state index is 12.8. The molecule has 5 rings (SSSR count). The molecule has 4 aromatic rings. The second kappa shape index (κ2) is 8.16. The molecule has 3 aromatic heterocycles. The van der Waals surface area contributed by atoms with Gasteiger partial charge in [-0.25, -0.2) is 18.4 Å². The summed E-state index contributed by atoms with van der Waals surface area (Å²) in [5, 5.41) is 10.6. The lowest BCUT2D eigenvalue weighted by Crippen LogP contribution is -2.17. The summed E-state index contributed by atoms with van der Waals surface area (Å²) in [6.45, 7) is 7.85. The molecule has 11 heteroatoms. The van der Waals surface area contributed by atoms with Gasteiger partial charge in [0.1, 0.15) is 17.2 Å². The van der Waals surface area contributed by atoms with Gasteiger partial charge in [-0.05, 0) is 43.4 Å². The molecule has 1 aliphatic carbocycles. The van der Waals surface area contributed by atoms with E-state index in [-0.39, 0.29) is 22.1 Å². The maximum Gasteiger partial charge on any atom is 0.229 e. The van der Waals surface area contributed by atoms with Gasteiger partial charge in [-0.15, -0.1) is 0 Å². The zero-order valence-corrected chi connectivity index (χ0v) is 21.9. The highest BCUT2D eigenvalue weighted by atomic mass is 32.2. The molecule has 1 aromatic carbocycles. The van der Waals surface area contributed by atoms with E-state index in [1.807, 2.05) is 33.2 Å². The Balaban J connectivity index is 1.56. The molecule has 3 heterocycles. The molecule has 1 saturated carbocycles. The smallest absolute Gasteiger partial charge is 0.229 e. The molecule has 3 N–H and O–H groups in total. The van der Waals surface area contributed by atoms with Crippen molar-refractivity contribution in [2.75, 3.05) is 16.9 Å². The Labute approximate surface area is 209 Å². The van der Waals surface area contributed by atoms with Crippen molar-refractivity contribution in [3.63, 3.8) is 0 Å². The van der Waals surface area contributed by atoms with Crippen LogP contribution in [-0.2, 0) is 21.7 Å². The van der Waals surface area contributed by atoms with Gasteiger partial charge in [-0.2, -0.15) is 5.10 Å². The first-order valence-corrected chi connectivity index (χ1v) is 13.5. The number of aromatic nitrogens is 5. The second-order valence-electron chi connectivity index (χ2n) is 10.3. The predicted octanol–water partition coefficient (Wildman–Crippen LogP) is 4.11. The van der Waals surface area contributed by atoms with Gasteiger partial charge in [0.2, 0.25) is 5.91 Å². The lowest BCUT2D eigenvalue weighted by atomic mass is 10.1. The standard InChI is InChI=1S/C25H29N7O3S/c1-13-12-32(5)31-21(13)15-7-8-17(19(9-15)36(6,34)35)28-18-10-20(29-23-22(18)26-14(2)27-23)30-24(33)16-11-25(16,3)4/h7-10,12,16H,11H2,1-6H3,(H3,26,27,28,29,30,33)/t16-/m1/s1. The van der Waals surface area contributed by atoms with E-state index in [9.17, 15) is 13.2 Å². The molecule has 0 bridgehead atoms. The van der Waals surface area contributed by atoms with E-state index in [0.29, 0.717) is 39.7 Å². The zero-order valence-electron chi connectivity index (χ0n) is 21.1. The largest absolute Gasteiger partial charge is 0.352 e. The summed E-state index contributed by atoms with van der Waals surface area (Å²) in [5.41, 5.74) is 4.30. The Bertz CT molecular complexity index is 1630. The highest BCUT2D eigenvalue weighted by Crippen LogP contribution is 2.52. The number of aromatic amines is 1. The number of carbonyl (C=O) groups is 1. The van der Waals surface area contributed by atoms with E-state index in [1.165, 1.54) is 6.26 Å². The number of aryl methyl sites for hydroxylation is 3. The predicted molar refractivity (Wildman–Crippen MR) is 139 cm³/mol. The number of H-pyrrole nitrogens is 1. The van der Waals surface area contributed by atoms with Crippen LogP contribution in [0.3, 0.4) is 0 Å². The number of carbonyl (C=O) groups excluding carboxylic acids is 1. The maximum absolute atomic E-state index is 12.8. The van der Waals surface area contributed by atoms with Crippen LogP contribution in [0.25, 0.3) is 22.4 Å². The van der Waals surface area contributed by atoms with Crippen LogP contribution < -0.4 is 10.6 Å². The number of imidazole rings is 1. The third-order valence-corrected chi connectivity index (χ3v) is 7.73. The fraction of sp³-hybridized carbons (Fsp3) is 0.360. The average molecular weight is 508 g/mol. The van der Waals surface area contributed by atoms with E-state index >= 15 is 0 Å². The van der Waals surface area contributed by atoms with Crippen LogP contribution in [0.4, 0.5) is 17.2 Å². The number of amides is 1. The highest BCUT2D eigenvalue weighted by molar-refractivity contribution is 7.90. The van der Waals surface area contributed by atoms with Crippen molar-refractivity contribution in [1.29, 1.82) is 0 Å². The van der Waals surface area contributed by atoms with Crippen molar-refractivity contribution in [2.24, 2.45) is 18.4 Å². The Morgan fingerprint density at radius 2 is 1.89 bits per heavy atom. The average Bonchev–Trinajstić information content (AvgIpc) is 3.06. The van der Waals surface area contributed by atoms with Gasteiger partial charge in [0, 0.05) is 37.0 Å². The van der Waals surface area contributed by atoms with Crippen LogP contribution in [0, 0.1) is 25.2 Å². The monoisotopic (exact) mass is 507 g/mol. The quantitative estimate of drug-likeness (QED) is 0.357. The van der Waals surface area contributed by atoms with Crippen LogP contribution in [-0.4, -0.2) is 45.3 Å². The number of hydrogen-bond donors (Lipinski definition) is 3. The number of anilines is 3. The SMILES string of the molecule is Cc1nc2c(Nc3ccc(-c4nn(C)cc4C)cc3S(C)(=O)=O)cc(NC(=O)[C@H]3CC3(C)C)nc2[nH]1. The molecule has 0 spiro atoms. The molecule has 36 heavy (non-hydrogen) atoms. The molecule has 1 atom stereocenters. The van der Waals surface area contributed by atoms with Crippen LogP contribution >= 0.6 is 0 Å². The molecule has 0 unspecified atom stereocenters. The van der Waals surface area contributed by atoms with Gasteiger partial charge in [0.15, 0.2) is 15.5 Å². The summed E-state index contributed by atoms with van der Waals surface area (Å²) < 4.78 is 27.3. The van der Waals surface area contributed by atoms with Crippen molar-refractivity contribution in [2.45, 2.75) is 39.0 Å². The zero-order chi connectivity index (χ0) is 26.0. The van der Waals surface area contributed by atoms with Gasteiger partial charge in [-0.1, -0.05) is 19.9 Å². The van der Waals surface area contributed by atoms with Gasteiger partial charge < -0.3 is 15.6 Å². The third-order valence-electron chi connectivity index (χ3n) is 6.59. The van der Waals surface area contributed by atoms with E-state index in [0.717, 1.165) is 17.7 Å². The summed E-state index contributed by atoms with van der Waals surface area (Å²) in [4.78, 5) is 25.0.